The summed E-state index contributed by atoms with van der Waals surface area (Å²) >= 11 is 0. The lowest BCUT2D eigenvalue weighted by Gasteiger charge is -2.34. The highest BCUT2D eigenvalue weighted by atomic mass is 16.5. The number of ether oxygens (including phenoxy) is 3. The fourth-order valence-electron chi connectivity index (χ4n) is 6.07. The minimum absolute atomic E-state index is 0.0728. The predicted octanol–water partition coefficient (Wildman–Crippen LogP) is 6.07. The summed E-state index contributed by atoms with van der Waals surface area (Å²) in [5.41, 5.74) is 2.84. The summed E-state index contributed by atoms with van der Waals surface area (Å²) in [6.07, 6.45) is 5.90. The van der Waals surface area contributed by atoms with Crippen molar-refractivity contribution in [3.63, 3.8) is 0 Å². The highest BCUT2D eigenvalue weighted by molar-refractivity contribution is 5.97. The third-order valence-electron chi connectivity index (χ3n) is 8.54. The number of rotatable bonds is 15. The second-order valence-corrected chi connectivity index (χ2v) is 11.2. The van der Waals surface area contributed by atoms with Crippen molar-refractivity contribution in [3.05, 3.63) is 65.9 Å². The molecule has 1 unspecified atom stereocenters. The SMILES string of the molecule is CCN(CC)CCCN(C(=O)c1ccc(-c2ccccc2)[nH]1)C(C(=O)NC1CCCCC1)c1cc(OC)c(OC)c(OC)c1. The van der Waals surface area contributed by atoms with Gasteiger partial charge in [0.1, 0.15) is 11.7 Å². The summed E-state index contributed by atoms with van der Waals surface area (Å²) in [7, 11) is 4.65. The molecule has 2 amide bonds. The van der Waals surface area contributed by atoms with E-state index in [1.165, 1.54) is 6.42 Å². The molecule has 9 nitrogen and oxygen atoms in total. The smallest absolute Gasteiger partial charge is 0.271 e. The third kappa shape index (κ3) is 7.94. The number of hydrogen-bond acceptors (Lipinski definition) is 6. The zero-order valence-electron chi connectivity index (χ0n) is 26.9. The van der Waals surface area contributed by atoms with E-state index in [1.807, 2.05) is 36.4 Å². The Morgan fingerprint density at radius 1 is 0.886 bits per heavy atom. The average Bonchev–Trinajstić information content (AvgIpc) is 3.56. The Bertz CT molecular complexity index is 1320. The van der Waals surface area contributed by atoms with Gasteiger partial charge in [0.05, 0.1) is 21.3 Å². The van der Waals surface area contributed by atoms with Gasteiger partial charge in [0.15, 0.2) is 11.5 Å². The number of carbonyl (C=O) groups excluding carboxylic acids is 2. The summed E-state index contributed by atoms with van der Waals surface area (Å²) in [5.74, 6) is 0.834. The van der Waals surface area contributed by atoms with Crippen LogP contribution >= 0.6 is 0 Å². The van der Waals surface area contributed by atoms with Crippen molar-refractivity contribution in [3.8, 4) is 28.5 Å². The van der Waals surface area contributed by atoms with E-state index in [4.69, 9.17) is 14.2 Å². The summed E-state index contributed by atoms with van der Waals surface area (Å²) in [6.45, 7) is 7.29. The van der Waals surface area contributed by atoms with Crippen molar-refractivity contribution >= 4 is 11.8 Å². The molecule has 0 aliphatic heterocycles. The van der Waals surface area contributed by atoms with Gasteiger partial charge in [-0.3, -0.25) is 9.59 Å². The largest absolute Gasteiger partial charge is 0.493 e. The van der Waals surface area contributed by atoms with Crippen molar-refractivity contribution in [2.45, 2.75) is 64.5 Å². The number of amides is 2. The molecule has 9 heteroatoms. The molecular weight excluding hydrogens is 556 g/mol. The molecule has 3 aromatic rings. The van der Waals surface area contributed by atoms with E-state index in [2.05, 4.69) is 29.0 Å². The van der Waals surface area contributed by atoms with E-state index >= 15 is 0 Å². The van der Waals surface area contributed by atoms with Crippen LogP contribution in [-0.2, 0) is 4.79 Å². The van der Waals surface area contributed by atoms with Crippen molar-refractivity contribution in [1.82, 2.24) is 20.1 Å². The zero-order valence-corrected chi connectivity index (χ0v) is 26.9. The minimum Gasteiger partial charge on any atom is -0.493 e. The second kappa shape index (κ2) is 16.2. The number of aromatic nitrogens is 1. The lowest BCUT2D eigenvalue weighted by molar-refractivity contribution is -0.127. The Morgan fingerprint density at radius 2 is 1.55 bits per heavy atom. The monoisotopic (exact) mass is 604 g/mol. The molecule has 44 heavy (non-hydrogen) atoms. The lowest BCUT2D eigenvalue weighted by atomic mass is 9.94. The first-order valence-corrected chi connectivity index (χ1v) is 15.8. The molecule has 1 atom stereocenters. The van der Waals surface area contributed by atoms with Gasteiger partial charge in [0.25, 0.3) is 5.91 Å². The molecule has 0 bridgehead atoms. The molecule has 1 aliphatic carbocycles. The zero-order chi connectivity index (χ0) is 31.5. The molecular formula is C35H48N4O5. The maximum atomic E-state index is 14.5. The summed E-state index contributed by atoms with van der Waals surface area (Å²) in [6, 6.07) is 16.3. The van der Waals surface area contributed by atoms with E-state index < -0.39 is 6.04 Å². The van der Waals surface area contributed by atoms with Crippen LogP contribution in [0.1, 0.15) is 74.5 Å². The van der Waals surface area contributed by atoms with Gasteiger partial charge in [-0.25, -0.2) is 0 Å². The fraction of sp³-hybridized carbons (Fsp3) is 0.486. The minimum atomic E-state index is -0.918. The van der Waals surface area contributed by atoms with E-state index in [1.54, 1.807) is 44.4 Å². The van der Waals surface area contributed by atoms with Crippen LogP contribution in [0.4, 0.5) is 0 Å². The van der Waals surface area contributed by atoms with Crippen LogP contribution in [0.5, 0.6) is 17.2 Å². The van der Waals surface area contributed by atoms with Gasteiger partial charge in [-0.2, -0.15) is 0 Å². The fourth-order valence-corrected chi connectivity index (χ4v) is 6.07. The van der Waals surface area contributed by atoms with Crippen LogP contribution in [0.15, 0.2) is 54.6 Å². The number of H-pyrrole nitrogens is 1. The summed E-state index contributed by atoms with van der Waals surface area (Å²) < 4.78 is 16.9. The van der Waals surface area contributed by atoms with Gasteiger partial charge in [-0.05, 0) is 74.3 Å². The van der Waals surface area contributed by atoms with Crippen molar-refractivity contribution in [2.24, 2.45) is 0 Å². The number of hydrogen-bond donors (Lipinski definition) is 2. The van der Waals surface area contributed by atoms with Gasteiger partial charge >= 0.3 is 0 Å². The Kier molecular flexibility index (Phi) is 12.1. The van der Waals surface area contributed by atoms with E-state index in [-0.39, 0.29) is 17.9 Å². The van der Waals surface area contributed by atoms with E-state index in [0.29, 0.717) is 41.5 Å². The Morgan fingerprint density at radius 3 is 2.14 bits per heavy atom. The second-order valence-electron chi connectivity index (χ2n) is 11.2. The molecule has 1 aliphatic rings. The summed E-state index contributed by atoms with van der Waals surface area (Å²) in [4.78, 5) is 36.1. The van der Waals surface area contributed by atoms with Gasteiger partial charge < -0.3 is 34.3 Å². The summed E-state index contributed by atoms with van der Waals surface area (Å²) in [5, 5.41) is 3.29. The van der Waals surface area contributed by atoms with Gasteiger partial charge in [0.2, 0.25) is 11.7 Å². The molecule has 0 radical (unpaired) electrons. The first-order valence-electron chi connectivity index (χ1n) is 15.8. The predicted molar refractivity (Wildman–Crippen MR) is 174 cm³/mol. The number of carbonyl (C=O) groups is 2. The average molecular weight is 605 g/mol. The lowest BCUT2D eigenvalue weighted by Crippen LogP contribution is -2.47. The molecule has 1 aromatic heterocycles. The normalized spacial score (nSPS) is 14.2. The highest BCUT2D eigenvalue weighted by Gasteiger charge is 2.35. The van der Waals surface area contributed by atoms with E-state index in [9.17, 15) is 9.59 Å². The van der Waals surface area contributed by atoms with Crippen LogP contribution in [0.25, 0.3) is 11.3 Å². The first kappa shape index (κ1) is 32.9. The number of benzene rings is 2. The molecule has 2 aromatic carbocycles. The maximum Gasteiger partial charge on any atom is 0.271 e. The molecule has 0 saturated heterocycles. The third-order valence-corrected chi connectivity index (χ3v) is 8.54. The van der Waals surface area contributed by atoms with Crippen LogP contribution < -0.4 is 19.5 Å². The van der Waals surface area contributed by atoms with Crippen molar-refractivity contribution in [1.29, 1.82) is 0 Å². The Hall–Kier alpha value is -3.98. The molecule has 4 rings (SSSR count). The molecule has 1 heterocycles. The van der Waals surface area contributed by atoms with Crippen LogP contribution in [0.3, 0.4) is 0 Å². The van der Waals surface area contributed by atoms with Gasteiger partial charge in [0, 0.05) is 18.3 Å². The standard InChI is InChI=1S/C35H48N4O5/c1-6-38(7-2)21-14-22-39(35(41)29-20-19-28(37-29)25-15-10-8-11-16-25)32(34(40)36-27-17-12-9-13-18-27)26-23-30(42-3)33(44-5)31(24-26)43-4/h8,10-11,15-16,19-20,23-24,27,32,37H,6-7,9,12-14,17-18,21-22H2,1-5H3,(H,36,40). The van der Waals surface area contributed by atoms with Crippen molar-refractivity contribution in [2.75, 3.05) is 47.5 Å². The molecule has 0 spiro atoms. The van der Waals surface area contributed by atoms with Crippen LogP contribution in [0.2, 0.25) is 0 Å². The number of nitrogens with zero attached hydrogens (tertiary/aromatic N) is 2. The topological polar surface area (TPSA) is 96.1 Å². The molecule has 238 valence electrons. The Labute approximate surface area is 261 Å². The maximum absolute atomic E-state index is 14.5. The number of methoxy groups -OCH3 is 3. The first-order chi connectivity index (χ1) is 21.4. The molecule has 1 fully saturated rings. The van der Waals surface area contributed by atoms with Crippen LogP contribution in [0, 0.1) is 0 Å². The number of aromatic amines is 1. The van der Waals surface area contributed by atoms with Gasteiger partial charge in [-0.1, -0.05) is 63.4 Å². The highest BCUT2D eigenvalue weighted by Crippen LogP contribution is 2.41. The quantitative estimate of drug-likeness (QED) is 0.219. The van der Waals surface area contributed by atoms with Crippen molar-refractivity contribution < 1.29 is 23.8 Å². The Balaban J connectivity index is 1.78. The molecule has 1 saturated carbocycles. The van der Waals surface area contributed by atoms with Gasteiger partial charge in [-0.15, -0.1) is 0 Å². The number of nitrogens with one attached hydrogen (secondary N) is 2. The van der Waals surface area contributed by atoms with E-state index in [0.717, 1.165) is 56.6 Å². The molecule has 2 N–H and O–H groups in total. The van der Waals surface area contributed by atoms with Crippen LogP contribution in [-0.4, -0.2) is 80.1 Å².